The van der Waals surface area contributed by atoms with Crippen LogP contribution in [0.1, 0.15) is 29.7 Å². The topological polar surface area (TPSA) is 50.4 Å². The van der Waals surface area contributed by atoms with Crippen LogP contribution in [0.4, 0.5) is 9.18 Å². The Bertz CT molecular complexity index is 688. The lowest BCUT2D eigenvalue weighted by Crippen LogP contribution is -2.36. The zero-order chi connectivity index (χ0) is 16.8. The quantitative estimate of drug-likeness (QED) is 0.883. The molecule has 0 bridgehead atoms. The number of amides is 2. The lowest BCUT2D eigenvalue weighted by atomic mass is 10.1. The average molecular weight is 316 g/mol. The molecule has 1 atom stereocenters. The van der Waals surface area contributed by atoms with Crippen LogP contribution < -0.4 is 15.4 Å². The number of ether oxygens (including phenoxy) is 1. The number of aryl methyl sites for hydroxylation is 1. The van der Waals surface area contributed by atoms with Gasteiger partial charge in [-0.15, -0.1) is 0 Å². The summed E-state index contributed by atoms with van der Waals surface area (Å²) in [6.07, 6.45) is 0. The van der Waals surface area contributed by atoms with E-state index in [2.05, 4.69) is 10.6 Å². The van der Waals surface area contributed by atoms with Crippen LogP contribution in [-0.4, -0.2) is 13.1 Å². The third-order valence-electron chi connectivity index (χ3n) is 3.63. The Morgan fingerprint density at radius 3 is 2.70 bits per heavy atom. The first-order valence-electron chi connectivity index (χ1n) is 7.43. The molecule has 2 rings (SSSR count). The number of carbonyl (C=O) groups is 1. The van der Waals surface area contributed by atoms with E-state index < -0.39 is 0 Å². The molecule has 0 aliphatic carbocycles. The minimum absolute atomic E-state index is 0.193. The van der Waals surface area contributed by atoms with Crippen molar-refractivity contribution in [2.24, 2.45) is 0 Å². The summed E-state index contributed by atoms with van der Waals surface area (Å²) in [5, 5.41) is 5.63. The molecule has 0 aliphatic heterocycles. The van der Waals surface area contributed by atoms with Crippen molar-refractivity contribution in [3.05, 3.63) is 65.0 Å². The predicted octanol–water partition coefficient (Wildman–Crippen LogP) is 3.70. The molecule has 5 heteroatoms. The molecule has 1 unspecified atom stereocenters. The van der Waals surface area contributed by atoms with Crippen molar-refractivity contribution in [1.82, 2.24) is 10.6 Å². The fourth-order valence-corrected chi connectivity index (χ4v) is 2.35. The first-order chi connectivity index (χ1) is 11.0. The van der Waals surface area contributed by atoms with E-state index >= 15 is 0 Å². The number of hydrogen-bond acceptors (Lipinski definition) is 2. The second-order valence-electron chi connectivity index (χ2n) is 5.37. The maximum Gasteiger partial charge on any atom is 0.315 e. The number of rotatable bonds is 5. The number of halogens is 1. The zero-order valence-electron chi connectivity index (χ0n) is 13.5. The number of carbonyl (C=O) groups excluding carboxylic acids is 1. The van der Waals surface area contributed by atoms with Gasteiger partial charge in [0, 0.05) is 12.1 Å². The zero-order valence-corrected chi connectivity index (χ0v) is 13.5. The largest absolute Gasteiger partial charge is 0.496 e. The van der Waals surface area contributed by atoms with Crippen molar-refractivity contribution in [2.45, 2.75) is 26.4 Å². The summed E-state index contributed by atoms with van der Waals surface area (Å²) >= 11 is 0. The molecule has 122 valence electrons. The second-order valence-corrected chi connectivity index (χ2v) is 5.37. The van der Waals surface area contributed by atoms with Crippen molar-refractivity contribution < 1.29 is 13.9 Å². The van der Waals surface area contributed by atoms with E-state index in [4.69, 9.17) is 4.74 Å². The van der Waals surface area contributed by atoms with Gasteiger partial charge in [0.15, 0.2) is 0 Å². The van der Waals surface area contributed by atoms with Crippen LogP contribution in [0, 0.1) is 12.7 Å². The number of nitrogens with one attached hydrogen (secondary N) is 2. The van der Waals surface area contributed by atoms with E-state index in [9.17, 15) is 9.18 Å². The van der Waals surface area contributed by atoms with Crippen molar-refractivity contribution >= 4 is 6.03 Å². The van der Waals surface area contributed by atoms with Crippen molar-refractivity contribution in [2.75, 3.05) is 7.11 Å². The van der Waals surface area contributed by atoms with Crippen LogP contribution in [0.15, 0.2) is 42.5 Å². The molecule has 0 radical (unpaired) electrons. The van der Waals surface area contributed by atoms with Gasteiger partial charge in [-0.3, -0.25) is 0 Å². The third kappa shape index (κ3) is 4.45. The van der Waals surface area contributed by atoms with Gasteiger partial charge in [-0.1, -0.05) is 30.3 Å². The van der Waals surface area contributed by atoms with Crippen molar-refractivity contribution in [1.29, 1.82) is 0 Å². The number of urea groups is 1. The van der Waals surface area contributed by atoms with Gasteiger partial charge in [-0.2, -0.15) is 0 Å². The highest BCUT2D eigenvalue weighted by atomic mass is 19.1. The summed E-state index contributed by atoms with van der Waals surface area (Å²) in [5.74, 6) is 0.484. The molecule has 2 aromatic carbocycles. The van der Waals surface area contributed by atoms with Crippen LogP contribution >= 0.6 is 0 Å². The van der Waals surface area contributed by atoms with E-state index in [-0.39, 0.29) is 17.9 Å². The van der Waals surface area contributed by atoms with E-state index in [0.717, 1.165) is 16.9 Å². The molecule has 23 heavy (non-hydrogen) atoms. The number of benzene rings is 2. The molecule has 0 aliphatic rings. The van der Waals surface area contributed by atoms with Crippen LogP contribution in [0.2, 0.25) is 0 Å². The molecule has 0 saturated heterocycles. The summed E-state index contributed by atoms with van der Waals surface area (Å²) in [6.45, 7) is 3.92. The SMILES string of the molecule is COc1ccccc1C(C)NC(=O)NCc1ccc(F)c(C)c1. The molecule has 0 heterocycles. The molecule has 2 N–H and O–H groups in total. The van der Waals surface area contributed by atoms with Gasteiger partial charge < -0.3 is 15.4 Å². The van der Waals surface area contributed by atoms with Gasteiger partial charge in [-0.25, -0.2) is 9.18 Å². The van der Waals surface area contributed by atoms with Gasteiger partial charge >= 0.3 is 6.03 Å². The maximum absolute atomic E-state index is 13.2. The average Bonchev–Trinajstić information content (AvgIpc) is 2.55. The summed E-state index contributed by atoms with van der Waals surface area (Å²) in [4.78, 5) is 12.0. The second kappa shape index (κ2) is 7.63. The minimum Gasteiger partial charge on any atom is -0.496 e. The first-order valence-corrected chi connectivity index (χ1v) is 7.43. The van der Waals surface area contributed by atoms with Crippen LogP contribution in [0.5, 0.6) is 5.75 Å². The summed E-state index contributed by atoms with van der Waals surface area (Å²) < 4.78 is 18.5. The minimum atomic E-state index is -0.287. The molecule has 0 aromatic heterocycles. The monoisotopic (exact) mass is 316 g/mol. The van der Waals surface area contributed by atoms with E-state index in [1.807, 2.05) is 31.2 Å². The van der Waals surface area contributed by atoms with Gasteiger partial charge in [-0.05, 0) is 37.1 Å². The first kappa shape index (κ1) is 16.8. The molecule has 0 saturated carbocycles. The number of methoxy groups -OCH3 is 1. The molecular formula is C18H21FN2O2. The Balaban J connectivity index is 1.92. The fourth-order valence-electron chi connectivity index (χ4n) is 2.35. The Labute approximate surface area is 135 Å². The Kier molecular flexibility index (Phi) is 5.57. The highest BCUT2D eigenvalue weighted by Gasteiger charge is 2.13. The molecule has 2 aromatic rings. The highest BCUT2D eigenvalue weighted by molar-refractivity contribution is 5.74. The Morgan fingerprint density at radius 2 is 2.00 bits per heavy atom. The summed E-state index contributed by atoms with van der Waals surface area (Å²) in [5.41, 5.74) is 2.32. The van der Waals surface area contributed by atoms with Gasteiger partial charge in [0.2, 0.25) is 0 Å². The van der Waals surface area contributed by atoms with Crippen molar-refractivity contribution in [3.8, 4) is 5.75 Å². The van der Waals surface area contributed by atoms with E-state index in [1.54, 1.807) is 26.2 Å². The standard InChI is InChI=1S/C18H21FN2O2/c1-12-10-14(8-9-16(12)19)11-20-18(22)21-13(2)15-6-4-5-7-17(15)23-3/h4-10,13H,11H2,1-3H3,(H2,20,21,22). The Hall–Kier alpha value is -2.56. The molecule has 0 spiro atoms. The van der Waals surface area contributed by atoms with E-state index in [1.165, 1.54) is 6.07 Å². The van der Waals surface area contributed by atoms with Crippen molar-refractivity contribution in [3.63, 3.8) is 0 Å². The number of hydrogen-bond donors (Lipinski definition) is 2. The molecule has 2 amide bonds. The molecule has 0 fully saturated rings. The third-order valence-corrected chi connectivity index (χ3v) is 3.63. The fraction of sp³-hybridized carbons (Fsp3) is 0.278. The Morgan fingerprint density at radius 1 is 1.26 bits per heavy atom. The lowest BCUT2D eigenvalue weighted by Gasteiger charge is -2.17. The summed E-state index contributed by atoms with van der Waals surface area (Å²) in [6, 6.07) is 11.8. The van der Waals surface area contributed by atoms with Crippen LogP contribution in [0.3, 0.4) is 0 Å². The number of para-hydroxylation sites is 1. The maximum atomic E-state index is 13.2. The molecular weight excluding hydrogens is 295 g/mol. The lowest BCUT2D eigenvalue weighted by molar-refractivity contribution is 0.237. The highest BCUT2D eigenvalue weighted by Crippen LogP contribution is 2.24. The smallest absolute Gasteiger partial charge is 0.315 e. The molecule has 4 nitrogen and oxygen atoms in total. The van der Waals surface area contributed by atoms with E-state index in [0.29, 0.717) is 12.1 Å². The van der Waals surface area contributed by atoms with Gasteiger partial charge in [0.05, 0.1) is 13.2 Å². The van der Waals surface area contributed by atoms with Crippen LogP contribution in [0.25, 0.3) is 0 Å². The normalized spacial score (nSPS) is 11.7. The van der Waals surface area contributed by atoms with Gasteiger partial charge in [0.25, 0.3) is 0 Å². The summed E-state index contributed by atoms with van der Waals surface area (Å²) in [7, 11) is 1.60. The van der Waals surface area contributed by atoms with Crippen LogP contribution in [-0.2, 0) is 6.54 Å². The predicted molar refractivity (Wildman–Crippen MR) is 87.9 cm³/mol. The van der Waals surface area contributed by atoms with Gasteiger partial charge in [0.1, 0.15) is 11.6 Å².